The molecular formula is C12H18F3N3. The minimum absolute atomic E-state index is 0.123. The molecule has 6 heteroatoms. The van der Waals surface area contributed by atoms with Crippen molar-refractivity contribution >= 4 is 0 Å². The summed E-state index contributed by atoms with van der Waals surface area (Å²) in [5.41, 5.74) is 6.07. The van der Waals surface area contributed by atoms with Crippen LogP contribution in [0.2, 0.25) is 0 Å². The van der Waals surface area contributed by atoms with Gasteiger partial charge in [-0.3, -0.25) is 0 Å². The highest BCUT2D eigenvalue weighted by Crippen LogP contribution is 2.42. The van der Waals surface area contributed by atoms with E-state index in [9.17, 15) is 13.2 Å². The van der Waals surface area contributed by atoms with Crippen molar-refractivity contribution in [2.75, 3.05) is 0 Å². The van der Waals surface area contributed by atoms with E-state index in [1.807, 2.05) is 7.05 Å². The SMILES string of the molecule is Cn1ccnc1C(N)C1CCCC(C(F)(F)F)C1. The molecule has 2 N–H and O–H groups in total. The van der Waals surface area contributed by atoms with Gasteiger partial charge in [0, 0.05) is 19.4 Å². The number of nitrogens with zero attached hydrogens (tertiary/aromatic N) is 2. The van der Waals surface area contributed by atoms with E-state index in [1.165, 1.54) is 0 Å². The molecule has 3 atom stereocenters. The number of aromatic nitrogens is 2. The third kappa shape index (κ3) is 2.68. The lowest BCUT2D eigenvalue weighted by molar-refractivity contribution is -0.186. The summed E-state index contributed by atoms with van der Waals surface area (Å²) in [4.78, 5) is 4.13. The van der Waals surface area contributed by atoms with Crippen molar-refractivity contribution in [3.05, 3.63) is 18.2 Å². The van der Waals surface area contributed by atoms with E-state index in [4.69, 9.17) is 5.73 Å². The molecule has 1 aliphatic rings. The van der Waals surface area contributed by atoms with E-state index in [0.29, 0.717) is 12.2 Å². The van der Waals surface area contributed by atoms with Crippen molar-refractivity contribution in [2.24, 2.45) is 24.6 Å². The standard InChI is InChI=1S/C12H18F3N3/c1-18-6-5-17-11(18)10(16)8-3-2-4-9(7-8)12(13,14)15/h5-6,8-10H,2-4,7,16H2,1H3. The van der Waals surface area contributed by atoms with E-state index in [0.717, 1.165) is 6.42 Å². The summed E-state index contributed by atoms with van der Waals surface area (Å²) in [6.45, 7) is 0. The minimum atomic E-state index is -4.10. The lowest BCUT2D eigenvalue weighted by Gasteiger charge is -2.33. The number of aryl methyl sites for hydroxylation is 1. The van der Waals surface area contributed by atoms with Crippen LogP contribution in [0.15, 0.2) is 12.4 Å². The highest BCUT2D eigenvalue weighted by atomic mass is 19.4. The second-order valence-electron chi connectivity index (χ2n) is 5.09. The molecule has 0 bridgehead atoms. The van der Waals surface area contributed by atoms with Crippen LogP contribution in [0.1, 0.15) is 37.5 Å². The number of rotatable bonds is 2. The molecule has 0 radical (unpaired) electrons. The summed E-state index contributed by atoms with van der Waals surface area (Å²) >= 11 is 0. The van der Waals surface area contributed by atoms with Crippen LogP contribution in [0.25, 0.3) is 0 Å². The average molecular weight is 261 g/mol. The largest absolute Gasteiger partial charge is 0.391 e. The van der Waals surface area contributed by atoms with Crippen molar-refractivity contribution in [3.8, 4) is 0 Å². The van der Waals surface area contributed by atoms with E-state index in [1.54, 1.807) is 17.0 Å². The summed E-state index contributed by atoms with van der Waals surface area (Å²) in [5, 5.41) is 0. The van der Waals surface area contributed by atoms with Gasteiger partial charge < -0.3 is 10.3 Å². The quantitative estimate of drug-likeness (QED) is 0.889. The fraction of sp³-hybridized carbons (Fsp3) is 0.750. The fourth-order valence-electron chi connectivity index (χ4n) is 2.76. The number of hydrogen-bond acceptors (Lipinski definition) is 2. The fourth-order valence-corrected chi connectivity index (χ4v) is 2.76. The Morgan fingerprint density at radius 2 is 2.17 bits per heavy atom. The Balaban J connectivity index is 2.07. The van der Waals surface area contributed by atoms with Crippen molar-refractivity contribution < 1.29 is 13.2 Å². The first-order valence-corrected chi connectivity index (χ1v) is 6.19. The van der Waals surface area contributed by atoms with Crippen LogP contribution < -0.4 is 5.73 Å². The van der Waals surface area contributed by atoms with Crippen LogP contribution in [0.4, 0.5) is 13.2 Å². The smallest absolute Gasteiger partial charge is 0.337 e. The lowest BCUT2D eigenvalue weighted by atomic mass is 9.77. The summed E-state index contributed by atoms with van der Waals surface area (Å²) in [5.74, 6) is -0.670. The third-order valence-electron chi connectivity index (χ3n) is 3.84. The first kappa shape index (κ1) is 13.4. The Hall–Kier alpha value is -1.04. The van der Waals surface area contributed by atoms with E-state index in [2.05, 4.69) is 4.98 Å². The van der Waals surface area contributed by atoms with Crippen LogP contribution in [0, 0.1) is 11.8 Å². The molecule has 3 unspecified atom stereocenters. The minimum Gasteiger partial charge on any atom is -0.337 e. The number of imidazole rings is 1. The first-order valence-electron chi connectivity index (χ1n) is 6.19. The molecule has 0 saturated heterocycles. The molecule has 0 amide bonds. The van der Waals surface area contributed by atoms with Crippen molar-refractivity contribution in [1.82, 2.24) is 9.55 Å². The molecule has 1 aliphatic carbocycles. The van der Waals surface area contributed by atoms with Crippen LogP contribution in [-0.2, 0) is 7.05 Å². The van der Waals surface area contributed by atoms with Gasteiger partial charge in [0.2, 0.25) is 0 Å². The van der Waals surface area contributed by atoms with Gasteiger partial charge in [0.15, 0.2) is 0 Å². The normalized spacial score (nSPS) is 27.2. The topological polar surface area (TPSA) is 43.8 Å². The molecule has 1 fully saturated rings. The number of hydrogen-bond donors (Lipinski definition) is 1. The number of alkyl halides is 3. The number of halogens is 3. The Bertz CT molecular complexity index is 400. The van der Waals surface area contributed by atoms with E-state index >= 15 is 0 Å². The highest BCUT2D eigenvalue weighted by molar-refractivity contribution is 5.01. The Kier molecular flexibility index (Phi) is 3.66. The summed E-state index contributed by atoms with van der Waals surface area (Å²) < 4.78 is 40.0. The molecular weight excluding hydrogens is 243 g/mol. The zero-order valence-corrected chi connectivity index (χ0v) is 10.3. The van der Waals surface area contributed by atoms with Gasteiger partial charge in [-0.05, 0) is 25.2 Å². The third-order valence-corrected chi connectivity index (χ3v) is 3.84. The zero-order valence-electron chi connectivity index (χ0n) is 10.3. The van der Waals surface area contributed by atoms with Crippen LogP contribution in [-0.4, -0.2) is 15.7 Å². The summed E-state index contributed by atoms with van der Waals surface area (Å²) in [6.07, 6.45) is 0.983. The molecule has 0 aromatic carbocycles. The average Bonchev–Trinajstić information content (AvgIpc) is 2.73. The summed E-state index contributed by atoms with van der Waals surface area (Å²) in [6, 6.07) is -0.407. The van der Waals surface area contributed by atoms with Gasteiger partial charge in [-0.2, -0.15) is 13.2 Å². The molecule has 0 spiro atoms. The maximum atomic E-state index is 12.7. The van der Waals surface area contributed by atoms with Crippen molar-refractivity contribution in [3.63, 3.8) is 0 Å². The molecule has 1 saturated carbocycles. The predicted octanol–water partition coefficient (Wildman–Crippen LogP) is 2.79. The second kappa shape index (κ2) is 4.91. The van der Waals surface area contributed by atoms with Gasteiger partial charge in [0.25, 0.3) is 0 Å². The van der Waals surface area contributed by atoms with Gasteiger partial charge >= 0.3 is 6.18 Å². The van der Waals surface area contributed by atoms with Gasteiger partial charge in [-0.25, -0.2) is 4.98 Å². The Labute approximate surface area is 104 Å². The van der Waals surface area contributed by atoms with Gasteiger partial charge in [-0.15, -0.1) is 0 Å². The maximum Gasteiger partial charge on any atom is 0.391 e. The highest BCUT2D eigenvalue weighted by Gasteiger charge is 2.43. The van der Waals surface area contributed by atoms with Crippen LogP contribution in [0.5, 0.6) is 0 Å². The van der Waals surface area contributed by atoms with Crippen LogP contribution in [0.3, 0.4) is 0 Å². The monoisotopic (exact) mass is 261 g/mol. The van der Waals surface area contributed by atoms with Gasteiger partial charge in [-0.1, -0.05) is 6.42 Å². The lowest BCUT2D eigenvalue weighted by Crippen LogP contribution is -2.34. The Morgan fingerprint density at radius 3 is 2.72 bits per heavy atom. The summed E-state index contributed by atoms with van der Waals surface area (Å²) in [7, 11) is 1.81. The zero-order chi connectivity index (χ0) is 13.3. The number of nitrogens with two attached hydrogens (primary N) is 1. The first-order chi connectivity index (χ1) is 8.39. The molecule has 18 heavy (non-hydrogen) atoms. The Morgan fingerprint density at radius 1 is 1.44 bits per heavy atom. The van der Waals surface area contributed by atoms with E-state index in [-0.39, 0.29) is 18.8 Å². The molecule has 2 rings (SSSR count). The van der Waals surface area contributed by atoms with Crippen molar-refractivity contribution in [2.45, 2.75) is 37.9 Å². The molecule has 102 valence electrons. The van der Waals surface area contributed by atoms with Crippen molar-refractivity contribution in [1.29, 1.82) is 0 Å². The van der Waals surface area contributed by atoms with Crippen LogP contribution >= 0.6 is 0 Å². The molecule has 1 heterocycles. The predicted molar refractivity (Wildman–Crippen MR) is 61.6 cm³/mol. The molecule has 0 aliphatic heterocycles. The molecule has 1 aromatic heterocycles. The molecule has 3 nitrogen and oxygen atoms in total. The van der Waals surface area contributed by atoms with E-state index < -0.39 is 18.1 Å². The molecule has 1 aromatic rings. The van der Waals surface area contributed by atoms with Gasteiger partial charge in [0.1, 0.15) is 5.82 Å². The maximum absolute atomic E-state index is 12.7. The second-order valence-corrected chi connectivity index (χ2v) is 5.09. The van der Waals surface area contributed by atoms with Gasteiger partial charge in [0.05, 0.1) is 12.0 Å².